The van der Waals surface area contributed by atoms with E-state index in [1.54, 1.807) is 12.3 Å². The Balaban J connectivity index is 2.03. The van der Waals surface area contributed by atoms with Crippen molar-refractivity contribution in [2.45, 2.75) is 12.8 Å². The molecule has 4 nitrogen and oxygen atoms in total. The summed E-state index contributed by atoms with van der Waals surface area (Å²) < 4.78 is 14.3. The van der Waals surface area contributed by atoms with E-state index >= 15 is 0 Å². The maximum atomic E-state index is 14.3. The third-order valence-electron chi connectivity index (χ3n) is 4.04. The number of aromatic nitrogens is 1. The van der Waals surface area contributed by atoms with E-state index in [9.17, 15) is 9.50 Å². The Morgan fingerprint density at radius 1 is 1.40 bits per heavy atom. The maximum Gasteiger partial charge on any atom is 0.150 e. The smallest absolute Gasteiger partial charge is 0.150 e. The molecular weight excluding hydrogens is 257 g/mol. The zero-order chi connectivity index (χ0) is 14.1. The van der Waals surface area contributed by atoms with E-state index in [0.717, 1.165) is 31.3 Å². The van der Waals surface area contributed by atoms with Gasteiger partial charge in [-0.15, -0.1) is 0 Å². The molecule has 1 aliphatic heterocycles. The highest BCUT2D eigenvalue weighted by Gasteiger charge is 2.23. The van der Waals surface area contributed by atoms with Crippen molar-refractivity contribution in [2.24, 2.45) is 5.92 Å². The summed E-state index contributed by atoms with van der Waals surface area (Å²) in [5.74, 6) is -0.00142. The van der Waals surface area contributed by atoms with Crippen molar-refractivity contribution in [3.63, 3.8) is 0 Å². The number of fused-ring (bicyclic) bond motifs is 1. The molecule has 1 aliphatic rings. The van der Waals surface area contributed by atoms with Crippen molar-refractivity contribution in [3.05, 3.63) is 30.2 Å². The molecular formula is C15H18FN3O. The lowest BCUT2D eigenvalue weighted by Crippen LogP contribution is -2.35. The number of nitrogen functional groups attached to an aromatic ring is 1. The van der Waals surface area contributed by atoms with Gasteiger partial charge in [0.05, 0.1) is 11.2 Å². The lowest BCUT2D eigenvalue weighted by atomic mass is 9.97. The van der Waals surface area contributed by atoms with Gasteiger partial charge in [-0.2, -0.15) is 0 Å². The molecule has 3 N–H and O–H groups in total. The van der Waals surface area contributed by atoms with E-state index in [1.807, 2.05) is 11.0 Å². The van der Waals surface area contributed by atoms with Crippen LogP contribution in [-0.4, -0.2) is 29.8 Å². The van der Waals surface area contributed by atoms with Crippen LogP contribution in [0.2, 0.25) is 0 Å². The molecule has 0 atom stereocenters. The van der Waals surface area contributed by atoms with Gasteiger partial charge in [0.15, 0.2) is 5.82 Å². The quantitative estimate of drug-likeness (QED) is 0.825. The summed E-state index contributed by atoms with van der Waals surface area (Å²) in [4.78, 5) is 6.32. The number of aliphatic hydroxyl groups excluding tert-OH is 1. The summed E-state index contributed by atoms with van der Waals surface area (Å²) in [6.45, 7) is 1.67. The molecule has 0 unspecified atom stereocenters. The Morgan fingerprint density at radius 3 is 2.85 bits per heavy atom. The van der Waals surface area contributed by atoms with E-state index < -0.39 is 0 Å². The molecule has 0 bridgehead atoms. The SMILES string of the molecule is Nc1cc(F)c(N2CCC(CO)CC2)c2ncccc12. The molecule has 1 aromatic carbocycles. The lowest BCUT2D eigenvalue weighted by molar-refractivity contribution is 0.203. The highest BCUT2D eigenvalue weighted by molar-refractivity contribution is 5.98. The summed E-state index contributed by atoms with van der Waals surface area (Å²) in [5, 5.41) is 9.97. The number of halogens is 1. The summed E-state index contributed by atoms with van der Waals surface area (Å²) in [6.07, 6.45) is 3.40. The second-order valence-corrected chi connectivity index (χ2v) is 5.31. The van der Waals surface area contributed by atoms with Crippen LogP contribution in [0.5, 0.6) is 0 Å². The minimum atomic E-state index is -0.323. The van der Waals surface area contributed by atoms with Crippen molar-refractivity contribution >= 4 is 22.3 Å². The molecule has 0 amide bonds. The monoisotopic (exact) mass is 275 g/mol. The van der Waals surface area contributed by atoms with Crippen LogP contribution in [-0.2, 0) is 0 Å². The van der Waals surface area contributed by atoms with Crippen LogP contribution in [0.15, 0.2) is 24.4 Å². The average molecular weight is 275 g/mol. The van der Waals surface area contributed by atoms with Crippen molar-refractivity contribution in [3.8, 4) is 0 Å². The van der Waals surface area contributed by atoms with Crippen molar-refractivity contribution in [1.29, 1.82) is 0 Å². The van der Waals surface area contributed by atoms with Gasteiger partial charge >= 0.3 is 0 Å². The fourth-order valence-electron chi connectivity index (χ4n) is 2.86. The number of anilines is 2. The fraction of sp³-hybridized carbons (Fsp3) is 0.400. The van der Waals surface area contributed by atoms with Crippen LogP contribution >= 0.6 is 0 Å². The highest BCUT2D eigenvalue weighted by Crippen LogP contribution is 2.34. The second-order valence-electron chi connectivity index (χ2n) is 5.31. The number of rotatable bonds is 2. The molecule has 3 rings (SSSR count). The summed E-state index contributed by atoms with van der Waals surface area (Å²) in [7, 11) is 0. The molecule has 1 fully saturated rings. The first-order chi connectivity index (χ1) is 9.70. The standard InChI is InChI=1S/C15H18FN3O/c16-12-8-13(17)11-2-1-5-18-14(11)15(12)19-6-3-10(9-20)4-7-19/h1-2,5,8,10,20H,3-4,6-7,9,17H2. The number of hydrogen-bond donors (Lipinski definition) is 2. The first-order valence-corrected chi connectivity index (χ1v) is 6.89. The van der Waals surface area contributed by atoms with Crippen molar-refractivity contribution in [1.82, 2.24) is 4.98 Å². The first kappa shape index (κ1) is 13.1. The van der Waals surface area contributed by atoms with Gasteiger partial charge < -0.3 is 15.7 Å². The molecule has 2 heterocycles. The predicted octanol–water partition coefficient (Wildman–Crippen LogP) is 2.16. The van der Waals surface area contributed by atoms with Gasteiger partial charge in [0.1, 0.15) is 0 Å². The molecule has 0 aliphatic carbocycles. The molecule has 5 heteroatoms. The van der Waals surface area contributed by atoms with E-state index in [0.29, 0.717) is 22.8 Å². The molecule has 2 aromatic rings. The van der Waals surface area contributed by atoms with E-state index in [1.165, 1.54) is 6.07 Å². The van der Waals surface area contributed by atoms with E-state index in [2.05, 4.69) is 4.98 Å². The van der Waals surface area contributed by atoms with E-state index in [-0.39, 0.29) is 12.4 Å². The molecule has 0 saturated carbocycles. The Labute approximate surface area is 117 Å². The van der Waals surface area contributed by atoms with Gasteiger partial charge in [0.2, 0.25) is 0 Å². The fourth-order valence-corrected chi connectivity index (χ4v) is 2.86. The van der Waals surface area contributed by atoms with Crippen LogP contribution < -0.4 is 10.6 Å². The number of piperidine rings is 1. The minimum Gasteiger partial charge on any atom is -0.398 e. The zero-order valence-electron chi connectivity index (χ0n) is 11.2. The summed E-state index contributed by atoms with van der Waals surface area (Å²) in [5.41, 5.74) is 7.44. The number of pyridine rings is 1. The van der Waals surface area contributed by atoms with Gasteiger partial charge in [0.25, 0.3) is 0 Å². The first-order valence-electron chi connectivity index (χ1n) is 6.89. The lowest BCUT2D eigenvalue weighted by Gasteiger charge is -2.33. The van der Waals surface area contributed by atoms with Crippen LogP contribution in [0.25, 0.3) is 10.9 Å². The number of benzene rings is 1. The molecule has 1 aromatic heterocycles. The average Bonchev–Trinajstić information content (AvgIpc) is 2.48. The normalized spacial score (nSPS) is 16.8. The van der Waals surface area contributed by atoms with Crippen LogP contribution in [0.3, 0.4) is 0 Å². The maximum absolute atomic E-state index is 14.3. The second kappa shape index (κ2) is 5.25. The Hall–Kier alpha value is -1.88. The number of nitrogens with zero attached hydrogens (tertiary/aromatic N) is 2. The van der Waals surface area contributed by atoms with E-state index in [4.69, 9.17) is 5.73 Å². The zero-order valence-corrected chi connectivity index (χ0v) is 11.2. The topological polar surface area (TPSA) is 62.4 Å². The third-order valence-corrected chi connectivity index (χ3v) is 4.04. The number of aliphatic hydroxyl groups is 1. The summed E-state index contributed by atoms with van der Waals surface area (Å²) in [6, 6.07) is 5.04. The van der Waals surface area contributed by atoms with Gasteiger partial charge in [-0.05, 0) is 37.0 Å². The van der Waals surface area contributed by atoms with Crippen LogP contribution in [0, 0.1) is 11.7 Å². The minimum absolute atomic E-state index is 0.205. The Kier molecular flexibility index (Phi) is 3.44. The predicted molar refractivity (Wildman–Crippen MR) is 78.1 cm³/mol. The number of nitrogens with two attached hydrogens (primary N) is 1. The molecule has 0 spiro atoms. The van der Waals surface area contributed by atoms with Gasteiger partial charge in [-0.25, -0.2) is 4.39 Å². The van der Waals surface area contributed by atoms with Crippen molar-refractivity contribution < 1.29 is 9.50 Å². The van der Waals surface area contributed by atoms with Crippen LogP contribution in [0.1, 0.15) is 12.8 Å². The molecule has 1 saturated heterocycles. The van der Waals surface area contributed by atoms with Crippen molar-refractivity contribution in [2.75, 3.05) is 30.3 Å². The Morgan fingerprint density at radius 2 is 2.15 bits per heavy atom. The number of hydrogen-bond acceptors (Lipinski definition) is 4. The van der Waals surface area contributed by atoms with Gasteiger partial charge in [-0.1, -0.05) is 0 Å². The largest absolute Gasteiger partial charge is 0.398 e. The van der Waals surface area contributed by atoms with Gasteiger partial charge in [0, 0.05) is 37.0 Å². The van der Waals surface area contributed by atoms with Crippen LogP contribution in [0.4, 0.5) is 15.8 Å². The highest BCUT2D eigenvalue weighted by atomic mass is 19.1. The molecule has 0 radical (unpaired) electrons. The Bertz CT molecular complexity index is 624. The summed E-state index contributed by atoms with van der Waals surface area (Å²) >= 11 is 0. The van der Waals surface area contributed by atoms with Gasteiger partial charge in [-0.3, -0.25) is 4.98 Å². The molecule has 106 valence electrons. The molecule has 20 heavy (non-hydrogen) atoms. The third kappa shape index (κ3) is 2.18.